The third-order valence-corrected chi connectivity index (χ3v) is 4.13. The molecule has 0 bridgehead atoms. The van der Waals surface area contributed by atoms with Crippen LogP contribution in [0, 0.1) is 0 Å². The van der Waals surface area contributed by atoms with Crippen LogP contribution in [0.15, 0.2) is 22.7 Å². The molecule has 0 radical (unpaired) electrons. The molecular formula is C15H22BrNO2. The minimum atomic E-state index is 0.186. The van der Waals surface area contributed by atoms with Crippen molar-refractivity contribution in [2.75, 3.05) is 13.2 Å². The molecule has 0 saturated carbocycles. The first-order chi connectivity index (χ1) is 9.20. The van der Waals surface area contributed by atoms with Crippen molar-refractivity contribution in [3.8, 4) is 5.75 Å². The van der Waals surface area contributed by atoms with Gasteiger partial charge in [-0.05, 0) is 40.4 Å². The van der Waals surface area contributed by atoms with Crippen LogP contribution in [0.4, 0.5) is 0 Å². The Kier molecular flexibility index (Phi) is 5.67. The lowest BCUT2D eigenvalue weighted by Crippen LogP contribution is -2.27. The molecule has 1 aromatic rings. The summed E-state index contributed by atoms with van der Waals surface area (Å²) >= 11 is 3.59. The van der Waals surface area contributed by atoms with Gasteiger partial charge in [-0.3, -0.25) is 0 Å². The molecule has 0 spiro atoms. The molecule has 1 fully saturated rings. The first-order valence-electron chi connectivity index (χ1n) is 6.98. The van der Waals surface area contributed by atoms with Crippen LogP contribution < -0.4 is 10.5 Å². The number of halogens is 1. The zero-order valence-electron chi connectivity index (χ0n) is 11.4. The predicted molar refractivity (Wildman–Crippen MR) is 80.6 cm³/mol. The summed E-state index contributed by atoms with van der Waals surface area (Å²) in [4.78, 5) is 0. The number of benzene rings is 1. The standard InChI is InChI=1S/C15H22BrNO2/c1-2-12(17)10-11-4-3-5-14(16)15(11)19-13-6-8-18-9-7-13/h3-5,12-13H,2,6-10,17H2,1H3. The van der Waals surface area contributed by atoms with E-state index in [-0.39, 0.29) is 12.1 Å². The van der Waals surface area contributed by atoms with Crippen LogP contribution in [0.3, 0.4) is 0 Å². The van der Waals surface area contributed by atoms with Gasteiger partial charge < -0.3 is 15.2 Å². The summed E-state index contributed by atoms with van der Waals surface area (Å²) in [5.41, 5.74) is 7.26. The zero-order chi connectivity index (χ0) is 13.7. The molecule has 1 heterocycles. The Labute approximate surface area is 123 Å². The molecular weight excluding hydrogens is 306 g/mol. The van der Waals surface area contributed by atoms with E-state index in [1.807, 2.05) is 12.1 Å². The van der Waals surface area contributed by atoms with Crippen molar-refractivity contribution in [3.63, 3.8) is 0 Å². The first kappa shape index (κ1) is 14.8. The molecule has 0 aliphatic carbocycles. The van der Waals surface area contributed by atoms with Crippen LogP contribution in [-0.2, 0) is 11.2 Å². The minimum absolute atomic E-state index is 0.186. The summed E-state index contributed by atoms with van der Waals surface area (Å²) in [6.07, 6.45) is 4.00. The summed E-state index contributed by atoms with van der Waals surface area (Å²) < 4.78 is 12.6. The summed E-state index contributed by atoms with van der Waals surface area (Å²) in [5, 5.41) is 0. The average molecular weight is 328 g/mol. The Morgan fingerprint density at radius 1 is 1.42 bits per heavy atom. The summed E-state index contributed by atoms with van der Waals surface area (Å²) in [6, 6.07) is 6.36. The molecule has 0 amide bonds. The smallest absolute Gasteiger partial charge is 0.137 e. The normalized spacial score (nSPS) is 18.3. The molecule has 1 aliphatic rings. The van der Waals surface area contributed by atoms with E-state index in [4.69, 9.17) is 15.2 Å². The van der Waals surface area contributed by atoms with Gasteiger partial charge in [-0.15, -0.1) is 0 Å². The van der Waals surface area contributed by atoms with E-state index >= 15 is 0 Å². The number of hydrogen-bond donors (Lipinski definition) is 1. The molecule has 1 aromatic carbocycles. The molecule has 1 aliphatic heterocycles. The molecule has 106 valence electrons. The van der Waals surface area contributed by atoms with E-state index in [2.05, 4.69) is 28.9 Å². The van der Waals surface area contributed by atoms with E-state index in [1.54, 1.807) is 0 Å². The number of para-hydroxylation sites is 1. The van der Waals surface area contributed by atoms with E-state index in [9.17, 15) is 0 Å². The monoisotopic (exact) mass is 327 g/mol. The van der Waals surface area contributed by atoms with Gasteiger partial charge in [-0.25, -0.2) is 0 Å². The van der Waals surface area contributed by atoms with Gasteiger partial charge in [0.2, 0.25) is 0 Å². The molecule has 1 unspecified atom stereocenters. The number of hydrogen-bond acceptors (Lipinski definition) is 3. The van der Waals surface area contributed by atoms with Crippen molar-refractivity contribution < 1.29 is 9.47 Å². The highest BCUT2D eigenvalue weighted by atomic mass is 79.9. The fourth-order valence-corrected chi connectivity index (χ4v) is 2.73. The molecule has 1 atom stereocenters. The third kappa shape index (κ3) is 4.20. The Bertz CT molecular complexity index is 405. The Morgan fingerprint density at radius 3 is 2.84 bits per heavy atom. The van der Waals surface area contributed by atoms with E-state index in [1.165, 1.54) is 5.56 Å². The lowest BCUT2D eigenvalue weighted by atomic mass is 10.0. The molecule has 2 rings (SSSR count). The van der Waals surface area contributed by atoms with Gasteiger partial charge in [0.25, 0.3) is 0 Å². The van der Waals surface area contributed by atoms with Crippen molar-refractivity contribution in [2.45, 2.75) is 44.8 Å². The zero-order valence-corrected chi connectivity index (χ0v) is 13.0. The van der Waals surface area contributed by atoms with Crippen molar-refractivity contribution in [3.05, 3.63) is 28.2 Å². The van der Waals surface area contributed by atoms with Gasteiger partial charge in [-0.1, -0.05) is 19.1 Å². The molecule has 2 N–H and O–H groups in total. The first-order valence-corrected chi connectivity index (χ1v) is 7.77. The summed E-state index contributed by atoms with van der Waals surface area (Å²) in [5.74, 6) is 0.957. The van der Waals surface area contributed by atoms with Gasteiger partial charge in [0, 0.05) is 18.9 Å². The maximum atomic E-state index is 6.18. The fourth-order valence-electron chi connectivity index (χ4n) is 2.23. The maximum absolute atomic E-state index is 6.18. The third-order valence-electron chi connectivity index (χ3n) is 3.51. The lowest BCUT2D eigenvalue weighted by molar-refractivity contribution is 0.0248. The quantitative estimate of drug-likeness (QED) is 0.902. The van der Waals surface area contributed by atoms with Crippen LogP contribution in [0.5, 0.6) is 5.75 Å². The van der Waals surface area contributed by atoms with E-state index in [0.29, 0.717) is 0 Å². The Morgan fingerprint density at radius 2 is 2.16 bits per heavy atom. The Balaban J connectivity index is 2.12. The highest BCUT2D eigenvalue weighted by Crippen LogP contribution is 2.32. The lowest BCUT2D eigenvalue weighted by Gasteiger charge is -2.25. The molecule has 1 saturated heterocycles. The maximum Gasteiger partial charge on any atom is 0.137 e. The van der Waals surface area contributed by atoms with Crippen LogP contribution in [-0.4, -0.2) is 25.4 Å². The topological polar surface area (TPSA) is 44.5 Å². The van der Waals surface area contributed by atoms with Crippen molar-refractivity contribution in [1.82, 2.24) is 0 Å². The number of ether oxygens (including phenoxy) is 2. The van der Waals surface area contributed by atoms with Crippen molar-refractivity contribution >= 4 is 15.9 Å². The van der Waals surface area contributed by atoms with Crippen molar-refractivity contribution in [2.24, 2.45) is 5.73 Å². The van der Waals surface area contributed by atoms with Gasteiger partial charge in [0.1, 0.15) is 11.9 Å². The highest BCUT2D eigenvalue weighted by Gasteiger charge is 2.19. The second-order valence-corrected chi connectivity index (χ2v) is 5.88. The second kappa shape index (κ2) is 7.27. The van der Waals surface area contributed by atoms with Gasteiger partial charge in [0.15, 0.2) is 0 Å². The van der Waals surface area contributed by atoms with Gasteiger partial charge >= 0.3 is 0 Å². The fraction of sp³-hybridized carbons (Fsp3) is 0.600. The molecule has 4 heteroatoms. The second-order valence-electron chi connectivity index (χ2n) is 5.03. The molecule has 3 nitrogen and oxygen atoms in total. The van der Waals surface area contributed by atoms with Crippen LogP contribution in [0.2, 0.25) is 0 Å². The molecule has 0 aromatic heterocycles. The largest absolute Gasteiger partial charge is 0.489 e. The number of nitrogens with two attached hydrogens (primary N) is 1. The minimum Gasteiger partial charge on any atom is -0.489 e. The van der Waals surface area contributed by atoms with Gasteiger partial charge in [-0.2, -0.15) is 0 Å². The van der Waals surface area contributed by atoms with E-state index < -0.39 is 0 Å². The SMILES string of the molecule is CCC(N)Cc1cccc(Br)c1OC1CCOCC1. The van der Waals surface area contributed by atoms with Gasteiger partial charge in [0.05, 0.1) is 17.7 Å². The van der Waals surface area contributed by atoms with E-state index in [0.717, 1.165) is 49.1 Å². The summed E-state index contributed by atoms with van der Waals surface area (Å²) in [7, 11) is 0. The molecule has 19 heavy (non-hydrogen) atoms. The average Bonchev–Trinajstić information content (AvgIpc) is 2.43. The summed E-state index contributed by atoms with van der Waals surface area (Å²) in [6.45, 7) is 3.69. The Hall–Kier alpha value is -0.580. The van der Waals surface area contributed by atoms with Crippen LogP contribution in [0.25, 0.3) is 0 Å². The van der Waals surface area contributed by atoms with Crippen molar-refractivity contribution in [1.29, 1.82) is 0 Å². The number of rotatable bonds is 5. The van der Waals surface area contributed by atoms with Crippen LogP contribution >= 0.6 is 15.9 Å². The highest BCUT2D eigenvalue weighted by molar-refractivity contribution is 9.10. The van der Waals surface area contributed by atoms with Crippen LogP contribution in [0.1, 0.15) is 31.7 Å². The predicted octanol–water partition coefficient (Wildman–Crippen LogP) is 3.29.